The molecule has 0 spiro atoms. The SMILES string of the molecule is O=C(NCc1cc(-c2ccc(F)cc2F)on1)C1CC1. The van der Waals surface area contributed by atoms with Gasteiger partial charge in [0.1, 0.15) is 17.3 Å². The number of rotatable bonds is 4. The van der Waals surface area contributed by atoms with Gasteiger partial charge < -0.3 is 9.84 Å². The maximum atomic E-state index is 13.6. The number of nitrogens with one attached hydrogen (secondary N) is 1. The zero-order valence-corrected chi connectivity index (χ0v) is 10.5. The zero-order chi connectivity index (χ0) is 14.1. The number of benzene rings is 1. The van der Waals surface area contributed by atoms with E-state index < -0.39 is 11.6 Å². The van der Waals surface area contributed by atoms with Crippen molar-refractivity contribution < 1.29 is 18.1 Å². The molecule has 104 valence electrons. The Morgan fingerprint density at radius 3 is 2.85 bits per heavy atom. The highest BCUT2D eigenvalue weighted by Gasteiger charge is 2.29. The first-order valence-corrected chi connectivity index (χ1v) is 6.32. The topological polar surface area (TPSA) is 55.1 Å². The molecule has 2 aromatic rings. The summed E-state index contributed by atoms with van der Waals surface area (Å²) in [7, 11) is 0. The molecule has 1 N–H and O–H groups in total. The molecule has 1 amide bonds. The number of nitrogens with zero attached hydrogens (tertiary/aromatic N) is 1. The van der Waals surface area contributed by atoms with Gasteiger partial charge in [0.15, 0.2) is 5.76 Å². The van der Waals surface area contributed by atoms with Crippen LogP contribution in [0.2, 0.25) is 0 Å². The molecule has 1 aromatic carbocycles. The number of halogens is 2. The van der Waals surface area contributed by atoms with Gasteiger partial charge in [0.25, 0.3) is 0 Å². The van der Waals surface area contributed by atoms with Crippen LogP contribution in [-0.2, 0) is 11.3 Å². The van der Waals surface area contributed by atoms with E-state index in [2.05, 4.69) is 10.5 Å². The molecule has 1 aliphatic rings. The van der Waals surface area contributed by atoms with Gasteiger partial charge in [0.2, 0.25) is 5.91 Å². The Morgan fingerprint density at radius 1 is 1.35 bits per heavy atom. The third kappa shape index (κ3) is 2.68. The van der Waals surface area contributed by atoms with E-state index in [0.717, 1.165) is 25.0 Å². The van der Waals surface area contributed by atoms with E-state index in [4.69, 9.17) is 4.52 Å². The first-order valence-electron chi connectivity index (χ1n) is 6.32. The van der Waals surface area contributed by atoms with E-state index >= 15 is 0 Å². The molecule has 6 heteroatoms. The number of hydrogen-bond donors (Lipinski definition) is 1. The van der Waals surface area contributed by atoms with Gasteiger partial charge >= 0.3 is 0 Å². The Labute approximate surface area is 113 Å². The van der Waals surface area contributed by atoms with Crippen LogP contribution in [0.15, 0.2) is 28.8 Å². The lowest BCUT2D eigenvalue weighted by Gasteiger charge is -1.99. The molecule has 0 bridgehead atoms. The summed E-state index contributed by atoms with van der Waals surface area (Å²) in [5.41, 5.74) is 0.636. The van der Waals surface area contributed by atoms with Crippen molar-refractivity contribution in [2.45, 2.75) is 19.4 Å². The molecule has 3 rings (SSSR count). The Hall–Kier alpha value is -2.24. The van der Waals surface area contributed by atoms with Crippen LogP contribution in [0, 0.1) is 17.6 Å². The average molecular weight is 278 g/mol. The highest BCUT2D eigenvalue weighted by molar-refractivity contribution is 5.80. The van der Waals surface area contributed by atoms with Crippen LogP contribution in [0.3, 0.4) is 0 Å². The van der Waals surface area contributed by atoms with Gasteiger partial charge in [-0.1, -0.05) is 5.16 Å². The number of carbonyl (C=O) groups is 1. The molecule has 1 fully saturated rings. The normalized spacial score (nSPS) is 14.3. The highest BCUT2D eigenvalue weighted by Crippen LogP contribution is 2.29. The fraction of sp³-hybridized carbons (Fsp3) is 0.286. The molecule has 1 aromatic heterocycles. The molecule has 20 heavy (non-hydrogen) atoms. The number of amides is 1. The lowest BCUT2D eigenvalue weighted by Crippen LogP contribution is -2.24. The molecule has 1 aliphatic carbocycles. The lowest BCUT2D eigenvalue weighted by molar-refractivity contribution is -0.122. The van der Waals surface area contributed by atoms with Crippen LogP contribution in [0.4, 0.5) is 8.78 Å². The maximum Gasteiger partial charge on any atom is 0.223 e. The monoisotopic (exact) mass is 278 g/mol. The minimum absolute atomic E-state index is 0.00233. The van der Waals surface area contributed by atoms with Gasteiger partial charge in [-0.3, -0.25) is 4.79 Å². The third-order valence-corrected chi connectivity index (χ3v) is 3.15. The Balaban J connectivity index is 1.70. The zero-order valence-electron chi connectivity index (χ0n) is 10.5. The molecule has 0 atom stereocenters. The minimum Gasteiger partial charge on any atom is -0.356 e. The van der Waals surface area contributed by atoms with E-state index in [-0.39, 0.29) is 29.7 Å². The predicted octanol–water partition coefficient (Wildman–Crippen LogP) is 2.65. The fourth-order valence-corrected chi connectivity index (χ4v) is 1.88. The molecule has 1 saturated carbocycles. The van der Waals surface area contributed by atoms with E-state index in [1.54, 1.807) is 0 Å². The molecule has 0 unspecified atom stereocenters. The second kappa shape index (κ2) is 5.03. The summed E-state index contributed by atoms with van der Waals surface area (Å²) in [5.74, 6) is -1.03. The van der Waals surface area contributed by atoms with E-state index in [0.29, 0.717) is 5.69 Å². The van der Waals surface area contributed by atoms with Crippen molar-refractivity contribution in [3.05, 3.63) is 41.6 Å². The van der Waals surface area contributed by atoms with Crippen molar-refractivity contribution in [3.8, 4) is 11.3 Å². The van der Waals surface area contributed by atoms with Gasteiger partial charge in [-0.25, -0.2) is 8.78 Å². The summed E-state index contributed by atoms with van der Waals surface area (Å²) in [4.78, 5) is 11.5. The smallest absolute Gasteiger partial charge is 0.223 e. The summed E-state index contributed by atoms with van der Waals surface area (Å²) in [6.07, 6.45) is 1.85. The van der Waals surface area contributed by atoms with Crippen LogP contribution in [0.1, 0.15) is 18.5 Å². The first-order chi connectivity index (χ1) is 9.63. The second-order valence-electron chi connectivity index (χ2n) is 4.80. The number of aromatic nitrogens is 1. The minimum atomic E-state index is -0.713. The standard InChI is InChI=1S/C14H12F2N2O2/c15-9-3-4-11(12(16)5-9)13-6-10(18-20-13)7-17-14(19)8-1-2-8/h3-6,8H,1-2,7H2,(H,17,19). The van der Waals surface area contributed by atoms with Crippen molar-refractivity contribution in [1.82, 2.24) is 10.5 Å². The second-order valence-corrected chi connectivity index (χ2v) is 4.80. The fourth-order valence-electron chi connectivity index (χ4n) is 1.88. The summed E-state index contributed by atoms with van der Waals surface area (Å²) >= 11 is 0. The predicted molar refractivity (Wildman–Crippen MR) is 66.4 cm³/mol. The van der Waals surface area contributed by atoms with Gasteiger partial charge in [0, 0.05) is 18.1 Å². The van der Waals surface area contributed by atoms with Crippen molar-refractivity contribution in [1.29, 1.82) is 0 Å². The first kappa shape index (κ1) is 12.8. The van der Waals surface area contributed by atoms with Crippen LogP contribution < -0.4 is 5.32 Å². The Bertz CT molecular complexity index is 650. The quantitative estimate of drug-likeness (QED) is 0.935. The van der Waals surface area contributed by atoms with Gasteiger partial charge in [-0.2, -0.15) is 0 Å². The highest BCUT2D eigenvalue weighted by atomic mass is 19.1. The third-order valence-electron chi connectivity index (χ3n) is 3.15. The van der Waals surface area contributed by atoms with Gasteiger partial charge in [-0.05, 0) is 25.0 Å². The Morgan fingerprint density at radius 2 is 2.15 bits per heavy atom. The van der Waals surface area contributed by atoms with E-state index in [1.807, 2.05) is 0 Å². The molecule has 0 aliphatic heterocycles. The molecule has 0 radical (unpaired) electrons. The molecular formula is C14H12F2N2O2. The van der Waals surface area contributed by atoms with Crippen molar-refractivity contribution in [2.75, 3.05) is 0 Å². The molecular weight excluding hydrogens is 266 g/mol. The maximum absolute atomic E-state index is 13.6. The molecule has 4 nitrogen and oxygen atoms in total. The summed E-state index contributed by atoms with van der Waals surface area (Å²) in [6, 6.07) is 4.75. The van der Waals surface area contributed by atoms with Crippen LogP contribution >= 0.6 is 0 Å². The Kier molecular flexibility index (Phi) is 3.22. The van der Waals surface area contributed by atoms with Crippen molar-refractivity contribution in [2.24, 2.45) is 5.92 Å². The van der Waals surface area contributed by atoms with Gasteiger partial charge in [-0.15, -0.1) is 0 Å². The van der Waals surface area contributed by atoms with Crippen molar-refractivity contribution >= 4 is 5.91 Å². The number of carbonyl (C=O) groups excluding carboxylic acids is 1. The van der Waals surface area contributed by atoms with Crippen molar-refractivity contribution in [3.63, 3.8) is 0 Å². The summed E-state index contributed by atoms with van der Waals surface area (Å²) < 4.78 is 31.4. The van der Waals surface area contributed by atoms with Crippen LogP contribution in [-0.4, -0.2) is 11.1 Å². The largest absolute Gasteiger partial charge is 0.356 e. The van der Waals surface area contributed by atoms with Gasteiger partial charge in [0.05, 0.1) is 12.1 Å². The average Bonchev–Trinajstić information content (AvgIpc) is 3.16. The molecule has 0 saturated heterocycles. The lowest BCUT2D eigenvalue weighted by atomic mass is 10.1. The van der Waals surface area contributed by atoms with E-state index in [9.17, 15) is 13.6 Å². The van der Waals surface area contributed by atoms with E-state index in [1.165, 1.54) is 12.1 Å². The van der Waals surface area contributed by atoms with Crippen LogP contribution in [0.5, 0.6) is 0 Å². The molecule has 1 heterocycles. The number of hydrogen-bond acceptors (Lipinski definition) is 3. The summed E-state index contributed by atoms with van der Waals surface area (Å²) in [5, 5.41) is 6.49. The van der Waals surface area contributed by atoms with Crippen LogP contribution in [0.25, 0.3) is 11.3 Å². The summed E-state index contributed by atoms with van der Waals surface area (Å²) in [6.45, 7) is 0.238.